The summed E-state index contributed by atoms with van der Waals surface area (Å²) >= 11 is 0. The van der Waals surface area contributed by atoms with Gasteiger partial charge in [0.25, 0.3) is 0 Å². The summed E-state index contributed by atoms with van der Waals surface area (Å²) in [6.07, 6.45) is 3.93. The molecule has 1 heteroatoms. The maximum absolute atomic E-state index is 9.16. The van der Waals surface area contributed by atoms with Gasteiger partial charge in [0.05, 0.1) is 6.10 Å². The second-order valence-corrected chi connectivity index (χ2v) is 3.23. The van der Waals surface area contributed by atoms with Crippen molar-refractivity contribution in [2.24, 2.45) is 11.8 Å². The molecule has 0 heterocycles. The molecule has 2 saturated carbocycles. The molecule has 0 radical (unpaired) electrons. The number of aliphatic hydroxyl groups is 1. The van der Waals surface area contributed by atoms with Gasteiger partial charge in [-0.15, -0.1) is 5.73 Å². The van der Waals surface area contributed by atoms with Crippen LogP contribution in [0, 0.1) is 11.8 Å². The van der Waals surface area contributed by atoms with Crippen molar-refractivity contribution in [3.8, 4) is 0 Å². The molecule has 10 heavy (non-hydrogen) atoms. The van der Waals surface area contributed by atoms with Gasteiger partial charge in [0.15, 0.2) is 0 Å². The number of rotatable bonds is 0. The first-order valence-corrected chi connectivity index (χ1v) is 3.92. The van der Waals surface area contributed by atoms with Crippen LogP contribution in [-0.2, 0) is 0 Å². The van der Waals surface area contributed by atoms with E-state index in [0.717, 1.165) is 12.8 Å². The summed E-state index contributed by atoms with van der Waals surface area (Å²) in [6.45, 7) is 2.00. The van der Waals surface area contributed by atoms with Gasteiger partial charge in [-0.1, -0.05) is 0 Å². The number of hydrogen-bond acceptors (Lipinski definition) is 1. The summed E-state index contributed by atoms with van der Waals surface area (Å²) in [5.74, 6) is 1.40. The summed E-state index contributed by atoms with van der Waals surface area (Å²) in [4.78, 5) is 0. The molecule has 0 spiro atoms. The van der Waals surface area contributed by atoms with E-state index in [1.54, 1.807) is 0 Å². The van der Waals surface area contributed by atoms with Gasteiger partial charge >= 0.3 is 0 Å². The minimum Gasteiger partial charge on any atom is -0.393 e. The fourth-order valence-electron chi connectivity index (χ4n) is 2.02. The lowest BCUT2D eigenvalue weighted by Crippen LogP contribution is -2.01. The smallest absolute Gasteiger partial charge is 0.0552 e. The first kappa shape index (κ1) is 6.21. The second-order valence-electron chi connectivity index (χ2n) is 3.23. The Balaban J connectivity index is 2.10. The molecule has 2 rings (SSSR count). The Kier molecular flexibility index (Phi) is 1.23. The van der Waals surface area contributed by atoms with Crippen LogP contribution in [-0.4, -0.2) is 11.2 Å². The van der Waals surface area contributed by atoms with E-state index in [-0.39, 0.29) is 6.10 Å². The molecule has 1 N–H and O–H groups in total. The standard InChI is InChI=1S/C9H12O/c1-2-3-7-8-4-6(10)5-9(7)8/h2,6,8-10H,4-5H2,1H3. The maximum atomic E-state index is 9.16. The molecule has 0 aromatic heterocycles. The molecule has 2 aliphatic rings. The van der Waals surface area contributed by atoms with E-state index in [1.807, 2.05) is 13.0 Å². The van der Waals surface area contributed by atoms with Crippen LogP contribution < -0.4 is 0 Å². The Morgan fingerprint density at radius 2 is 2.10 bits per heavy atom. The molecule has 0 bridgehead atoms. The zero-order chi connectivity index (χ0) is 7.14. The van der Waals surface area contributed by atoms with Gasteiger partial charge in [0, 0.05) is 0 Å². The third kappa shape index (κ3) is 0.749. The Morgan fingerprint density at radius 3 is 2.60 bits per heavy atom. The van der Waals surface area contributed by atoms with Crippen LogP contribution in [0.1, 0.15) is 19.8 Å². The fraction of sp³-hybridized carbons (Fsp3) is 0.667. The first-order valence-electron chi connectivity index (χ1n) is 3.92. The van der Waals surface area contributed by atoms with Gasteiger partial charge in [-0.3, -0.25) is 0 Å². The van der Waals surface area contributed by atoms with Gasteiger partial charge in [-0.25, -0.2) is 0 Å². The molecule has 1 nitrogen and oxygen atoms in total. The van der Waals surface area contributed by atoms with E-state index < -0.39 is 0 Å². The van der Waals surface area contributed by atoms with Crippen LogP contribution >= 0.6 is 0 Å². The highest BCUT2D eigenvalue weighted by Crippen LogP contribution is 2.56. The van der Waals surface area contributed by atoms with Crippen molar-refractivity contribution in [2.45, 2.75) is 25.9 Å². The lowest BCUT2D eigenvalue weighted by atomic mass is 10.2. The molecule has 0 aromatic rings. The van der Waals surface area contributed by atoms with Gasteiger partial charge < -0.3 is 5.11 Å². The van der Waals surface area contributed by atoms with E-state index in [1.165, 1.54) is 5.57 Å². The Hall–Kier alpha value is -0.520. The highest BCUT2D eigenvalue weighted by atomic mass is 16.3. The zero-order valence-corrected chi connectivity index (χ0v) is 6.17. The predicted molar refractivity (Wildman–Crippen MR) is 39.5 cm³/mol. The van der Waals surface area contributed by atoms with Crippen LogP contribution in [0.5, 0.6) is 0 Å². The Labute approximate surface area is 61.1 Å². The summed E-state index contributed by atoms with van der Waals surface area (Å²) in [7, 11) is 0. The van der Waals surface area contributed by atoms with Crippen LogP contribution in [0.15, 0.2) is 17.4 Å². The average Bonchev–Trinajstić information content (AvgIpc) is 2.43. The van der Waals surface area contributed by atoms with Crippen molar-refractivity contribution in [2.75, 3.05) is 0 Å². The fourth-order valence-corrected chi connectivity index (χ4v) is 2.02. The molecule has 54 valence electrons. The number of fused-ring (bicyclic) bond motifs is 1. The normalized spacial score (nSPS) is 42.6. The molecule has 0 aliphatic heterocycles. The SMILES string of the molecule is CC=C=C1C2CC(O)CC12. The largest absolute Gasteiger partial charge is 0.393 e. The molecule has 2 aliphatic carbocycles. The highest BCUT2D eigenvalue weighted by Gasteiger charge is 2.50. The molecule has 2 atom stereocenters. The van der Waals surface area contributed by atoms with Crippen molar-refractivity contribution < 1.29 is 5.11 Å². The molecule has 0 saturated heterocycles. The second kappa shape index (κ2) is 1.98. The predicted octanol–water partition coefficient (Wildman–Crippen LogP) is 1.49. The lowest BCUT2D eigenvalue weighted by Gasteiger charge is -1.99. The summed E-state index contributed by atoms with van der Waals surface area (Å²) in [5.41, 5.74) is 4.67. The number of hydrogen-bond donors (Lipinski definition) is 1. The summed E-state index contributed by atoms with van der Waals surface area (Å²) in [5, 5.41) is 9.16. The number of aliphatic hydroxyl groups excluding tert-OH is 1. The highest BCUT2D eigenvalue weighted by molar-refractivity contribution is 5.32. The van der Waals surface area contributed by atoms with E-state index in [0.29, 0.717) is 11.8 Å². The van der Waals surface area contributed by atoms with Crippen molar-refractivity contribution in [3.63, 3.8) is 0 Å². The monoisotopic (exact) mass is 136 g/mol. The quantitative estimate of drug-likeness (QED) is 0.500. The van der Waals surface area contributed by atoms with Crippen molar-refractivity contribution in [3.05, 3.63) is 17.4 Å². The summed E-state index contributed by atoms with van der Waals surface area (Å²) in [6, 6.07) is 0. The summed E-state index contributed by atoms with van der Waals surface area (Å²) < 4.78 is 0. The van der Waals surface area contributed by atoms with E-state index in [9.17, 15) is 0 Å². The third-order valence-electron chi connectivity index (χ3n) is 2.54. The Morgan fingerprint density at radius 1 is 1.50 bits per heavy atom. The molecular weight excluding hydrogens is 124 g/mol. The molecule has 0 aromatic carbocycles. The molecule has 0 amide bonds. The van der Waals surface area contributed by atoms with E-state index in [4.69, 9.17) is 5.11 Å². The van der Waals surface area contributed by atoms with Crippen molar-refractivity contribution in [1.82, 2.24) is 0 Å². The van der Waals surface area contributed by atoms with E-state index in [2.05, 4.69) is 5.73 Å². The van der Waals surface area contributed by atoms with Crippen molar-refractivity contribution >= 4 is 0 Å². The molecule has 2 unspecified atom stereocenters. The van der Waals surface area contributed by atoms with Crippen molar-refractivity contribution in [1.29, 1.82) is 0 Å². The molecular formula is C9H12O. The van der Waals surface area contributed by atoms with Gasteiger partial charge in [-0.05, 0) is 43.3 Å². The van der Waals surface area contributed by atoms with Gasteiger partial charge in [-0.2, -0.15) is 0 Å². The third-order valence-corrected chi connectivity index (χ3v) is 2.54. The Bertz CT molecular complexity index is 197. The van der Waals surface area contributed by atoms with E-state index >= 15 is 0 Å². The average molecular weight is 136 g/mol. The van der Waals surface area contributed by atoms with Crippen LogP contribution in [0.4, 0.5) is 0 Å². The van der Waals surface area contributed by atoms with Gasteiger partial charge in [0.2, 0.25) is 0 Å². The van der Waals surface area contributed by atoms with Crippen LogP contribution in [0.3, 0.4) is 0 Å². The first-order chi connectivity index (χ1) is 4.83. The number of allylic oxidation sites excluding steroid dienone is 1. The minimum atomic E-state index is -0.0163. The molecule has 2 fully saturated rings. The maximum Gasteiger partial charge on any atom is 0.0552 e. The topological polar surface area (TPSA) is 20.2 Å². The minimum absolute atomic E-state index is 0.0163. The van der Waals surface area contributed by atoms with Crippen LogP contribution in [0.2, 0.25) is 0 Å². The lowest BCUT2D eigenvalue weighted by molar-refractivity contribution is 0.173. The zero-order valence-electron chi connectivity index (χ0n) is 6.17. The van der Waals surface area contributed by atoms with Gasteiger partial charge in [0.1, 0.15) is 0 Å². The van der Waals surface area contributed by atoms with Crippen LogP contribution in [0.25, 0.3) is 0 Å².